The van der Waals surface area contributed by atoms with Gasteiger partial charge in [0.2, 0.25) is 11.8 Å². The number of hydrogen-bond donors (Lipinski definition) is 1. The molecule has 146 valence electrons. The molecule has 0 unspecified atom stereocenters. The molecule has 1 aromatic heterocycles. The fourth-order valence-electron chi connectivity index (χ4n) is 4.95. The SMILES string of the molecule is CCC(CC)N1C[C@]23C=C[C@H](O2)[C@@H](C(=O)N(C)Cc2ncc(C)[nH]2)[C@@H]3C1=O. The molecule has 2 amide bonds. The van der Waals surface area contributed by atoms with Crippen LogP contribution in [0.1, 0.15) is 38.2 Å². The Hall–Kier alpha value is -2.15. The lowest BCUT2D eigenvalue weighted by atomic mass is 9.76. The summed E-state index contributed by atoms with van der Waals surface area (Å²) >= 11 is 0. The van der Waals surface area contributed by atoms with Crippen molar-refractivity contribution in [1.29, 1.82) is 0 Å². The van der Waals surface area contributed by atoms with Crippen LogP contribution in [0.3, 0.4) is 0 Å². The van der Waals surface area contributed by atoms with E-state index in [9.17, 15) is 9.59 Å². The lowest BCUT2D eigenvalue weighted by Crippen LogP contribution is -2.45. The molecule has 1 aromatic rings. The maximum absolute atomic E-state index is 13.3. The molecule has 2 bridgehead atoms. The fourth-order valence-corrected chi connectivity index (χ4v) is 4.95. The molecule has 7 heteroatoms. The molecular formula is C20H28N4O3. The van der Waals surface area contributed by atoms with Crippen molar-refractivity contribution >= 4 is 11.8 Å². The fraction of sp³-hybridized carbons (Fsp3) is 0.650. The molecule has 1 N–H and O–H groups in total. The standard InChI is InChI=1S/C20H28N4O3/c1-5-13(6-2)24-11-20-8-7-14(27-20)16(17(20)19(24)26)18(25)23(4)10-15-21-9-12(3)22-15/h7-9,13-14,16-17H,5-6,10-11H2,1-4H3,(H,21,22)/t14-,16+,17+,20-/m0/s1. The maximum Gasteiger partial charge on any atom is 0.230 e. The third-order valence-corrected chi connectivity index (χ3v) is 6.32. The lowest BCUT2D eigenvalue weighted by Gasteiger charge is -2.29. The summed E-state index contributed by atoms with van der Waals surface area (Å²) in [7, 11) is 1.76. The molecule has 0 aliphatic carbocycles. The first-order valence-corrected chi connectivity index (χ1v) is 9.83. The first-order valence-electron chi connectivity index (χ1n) is 9.83. The third kappa shape index (κ3) is 2.71. The van der Waals surface area contributed by atoms with Crippen molar-refractivity contribution in [3.8, 4) is 0 Å². The van der Waals surface area contributed by atoms with Crippen LogP contribution in [0, 0.1) is 18.8 Å². The molecule has 4 rings (SSSR count). The van der Waals surface area contributed by atoms with Gasteiger partial charge in [0.05, 0.1) is 31.0 Å². The van der Waals surface area contributed by atoms with Gasteiger partial charge in [0.15, 0.2) is 0 Å². The number of imidazole rings is 1. The highest BCUT2D eigenvalue weighted by Crippen LogP contribution is 2.52. The van der Waals surface area contributed by atoms with Gasteiger partial charge in [-0.3, -0.25) is 9.59 Å². The second-order valence-corrected chi connectivity index (χ2v) is 8.04. The molecule has 0 aromatic carbocycles. The van der Waals surface area contributed by atoms with Crippen molar-refractivity contribution in [2.75, 3.05) is 13.6 Å². The minimum Gasteiger partial charge on any atom is -0.360 e. The van der Waals surface area contributed by atoms with Crippen LogP contribution < -0.4 is 0 Å². The van der Waals surface area contributed by atoms with Crippen molar-refractivity contribution in [3.63, 3.8) is 0 Å². The zero-order valence-corrected chi connectivity index (χ0v) is 16.4. The zero-order chi connectivity index (χ0) is 19.3. The number of carbonyl (C=O) groups is 2. The average Bonchev–Trinajstić information content (AvgIpc) is 3.38. The third-order valence-electron chi connectivity index (χ3n) is 6.32. The van der Waals surface area contributed by atoms with Gasteiger partial charge < -0.3 is 19.5 Å². The summed E-state index contributed by atoms with van der Waals surface area (Å²) < 4.78 is 6.22. The number of fused-ring (bicyclic) bond motifs is 1. The predicted octanol–water partition coefficient (Wildman–Crippen LogP) is 1.65. The summed E-state index contributed by atoms with van der Waals surface area (Å²) in [5.41, 5.74) is 0.329. The zero-order valence-electron chi connectivity index (χ0n) is 16.4. The first-order chi connectivity index (χ1) is 12.9. The van der Waals surface area contributed by atoms with Crippen molar-refractivity contribution in [3.05, 3.63) is 29.9 Å². The van der Waals surface area contributed by atoms with Crippen molar-refractivity contribution in [2.24, 2.45) is 11.8 Å². The smallest absolute Gasteiger partial charge is 0.230 e. The van der Waals surface area contributed by atoms with Gasteiger partial charge in [-0.2, -0.15) is 0 Å². The van der Waals surface area contributed by atoms with E-state index < -0.39 is 17.4 Å². The number of amides is 2. The molecule has 3 aliphatic rings. The number of aromatic nitrogens is 2. The van der Waals surface area contributed by atoms with E-state index in [0.717, 1.165) is 24.4 Å². The van der Waals surface area contributed by atoms with E-state index in [-0.39, 0.29) is 24.0 Å². The Morgan fingerprint density at radius 2 is 2.22 bits per heavy atom. The van der Waals surface area contributed by atoms with Gasteiger partial charge >= 0.3 is 0 Å². The van der Waals surface area contributed by atoms with E-state index in [1.807, 2.05) is 24.0 Å². The van der Waals surface area contributed by atoms with Crippen LogP contribution in [-0.4, -0.2) is 62.9 Å². The van der Waals surface area contributed by atoms with E-state index in [2.05, 4.69) is 23.8 Å². The minimum atomic E-state index is -0.632. The molecule has 0 saturated carbocycles. The van der Waals surface area contributed by atoms with E-state index in [1.54, 1.807) is 18.1 Å². The average molecular weight is 372 g/mol. The van der Waals surface area contributed by atoms with Gasteiger partial charge in [0.25, 0.3) is 0 Å². The minimum absolute atomic E-state index is 0.0509. The molecule has 4 atom stereocenters. The Bertz CT molecular complexity index is 784. The van der Waals surface area contributed by atoms with Gasteiger partial charge in [-0.1, -0.05) is 26.0 Å². The van der Waals surface area contributed by atoms with Gasteiger partial charge in [-0.05, 0) is 19.8 Å². The number of hydrogen-bond acceptors (Lipinski definition) is 4. The van der Waals surface area contributed by atoms with E-state index in [0.29, 0.717) is 13.1 Å². The number of ether oxygens (including phenoxy) is 1. The second-order valence-electron chi connectivity index (χ2n) is 8.04. The van der Waals surface area contributed by atoms with Crippen LogP contribution in [0.4, 0.5) is 0 Å². The van der Waals surface area contributed by atoms with Crippen LogP contribution in [-0.2, 0) is 20.9 Å². The molecule has 1 spiro atoms. The summed E-state index contributed by atoms with van der Waals surface area (Å²) in [6.45, 7) is 7.08. The van der Waals surface area contributed by atoms with Crippen LogP contribution in [0.5, 0.6) is 0 Å². The molecule has 4 heterocycles. The molecule has 0 radical (unpaired) electrons. The summed E-state index contributed by atoms with van der Waals surface area (Å²) in [4.78, 5) is 37.5. The normalized spacial score (nSPS) is 31.2. The Morgan fingerprint density at radius 3 is 2.85 bits per heavy atom. The Labute approximate surface area is 159 Å². The molecular weight excluding hydrogens is 344 g/mol. The largest absolute Gasteiger partial charge is 0.360 e. The Balaban J connectivity index is 1.56. The summed E-state index contributed by atoms with van der Waals surface area (Å²) in [6.07, 6.45) is 7.25. The second kappa shape index (κ2) is 6.48. The van der Waals surface area contributed by atoms with Gasteiger partial charge in [0.1, 0.15) is 11.4 Å². The number of rotatable bonds is 6. The highest BCUT2D eigenvalue weighted by atomic mass is 16.5. The van der Waals surface area contributed by atoms with Gasteiger partial charge in [-0.15, -0.1) is 0 Å². The Kier molecular flexibility index (Phi) is 4.37. The van der Waals surface area contributed by atoms with E-state index in [1.165, 1.54) is 0 Å². The van der Waals surface area contributed by atoms with Crippen LogP contribution in [0.15, 0.2) is 18.3 Å². The summed E-state index contributed by atoms with van der Waals surface area (Å²) in [6, 6.07) is 0.202. The van der Waals surface area contributed by atoms with Crippen LogP contribution in [0.25, 0.3) is 0 Å². The van der Waals surface area contributed by atoms with Crippen LogP contribution in [0.2, 0.25) is 0 Å². The number of nitrogens with one attached hydrogen (secondary N) is 1. The van der Waals surface area contributed by atoms with Gasteiger partial charge in [0, 0.05) is 25.0 Å². The lowest BCUT2D eigenvalue weighted by molar-refractivity contribution is -0.143. The topological polar surface area (TPSA) is 78.5 Å². The summed E-state index contributed by atoms with van der Waals surface area (Å²) in [5.74, 6) is -0.112. The quantitative estimate of drug-likeness (QED) is 0.770. The molecule has 2 fully saturated rings. The van der Waals surface area contributed by atoms with E-state index >= 15 is 0 Å². The predicted molar refractivity (Wildman–Crippen MR) is 99.6 cm³/mol. The molecule has 2 saturated heterocycles. The number of carbonyl (C=O) groups excluding carboxylic acids is 2. The number of nitrogens with zero attached hydrogens (tertiary/aromatic N) is 3. The van der Waals surface area contributed by atoms with Crippen LogP contribution >= 0.6 is 0 Å². The van der Waals surface area contributed by atoms with Crippen molar-refractivity contribution in [2.45, 2.75) is 57.9 Å². The first kappa shape index (κ1) is 18.2. The number of likely N-dealkylation sites (tertiary alicyclic amines) is 1. The monoisotopic (exact) mass is 372 g/mol. The molecule has 27 heavy (non-hydrogen) atoms. The van der Waals surface area contributed by atoms with Crippen molar-refractivity contribution < 1.29 is 14.3 Å². The maximum atomic E-state index is 13.3. The highest BCUT2D eigenvalue weighted by Gasteiger charge is 2.67. The van der Waals surface area contributed by atoms with Gasteiger partial charge in [-0.25, -0.2) is 4.98 Å². The number of aryl methyl sites for hydroxylation is 1. The summed E-state index contributed by atoms with van der Waals surface area (Å²) in [5, 5.41) is 0. The molecule has 3 aliphatic heterocycles. The number of aromatic amines is 1. The highest BCUT2D eigenvalue weighted by molar-refractivity contribution is 5.93. The number of H-pyrrole nitrogens is 1. The van der Waals surface area contributed by atoms with E-state index in [4.69, 9.17) is 4.74 Å². The molecule has 7 nitrogen and oxygen atoms in total. The Morgan fingerprint density at radius 1 is 1.48 bits per heavy atom. The van der Waals surface area contributed by atoms with Crippen molar-refractivity contribution in [1.82, 2.24) is 19.8 Å².